The second-order valence-corrected chi connectivity index (χ2v) is 8.69. The first-order chi connectivity index (χ1) is 14.7. The molecule has 1 N–H and O–H groups in total. The molecule has 2 aromatic carbocycles. The van der Waals surface area contributed by atoms with E-state index in [9.17, 15) is 18.4 Å². The van der Waals surface area contributed by atoms with Crippen LogP contribution in [0.15, 0.2) is 42.5 Å². The van der Waals surface area contributed by atoms with Crippen LogP contribution in [-0.4, -0.2) is 34.6 Å². The quantitative estimate of drug-likeness (QED) is 0.522. The zero-order chi connectivity index (χ0) is 23.0. The molecule has 0 aliphatic heterocycles. The van der Waals surface area contributed by atoms with Gasteiger partial charge in [0.25, 0.3) is 0 Å². The maximum absolute atomic E-state index is 14.2. The van der Waals surface area contributed by atoms with E-state index in [1.54, 1.807) is 31.2 Å². The summed E-state index contributed by atoms with van der Waals surface area (Å²) in [5, 5.41) is 3.16. The van der Waals surface area contributed by atoms with Crippen molar-refractivity contribution in [3.8, 4) is 0 Å². The third-order valence-electron chi connectivity index (χ3n) is 5.00. The zero-order valence-electron chi connectivity index (χ0n) is 17.8. The molecule has 31 heavy (non-hydrogen) atoms. The van der Waals surface area contributed by atoms with Crippen LogP contribution in [0.1, 0.15) is 38.3 Å². The number of nitrogens with zero attached hydrogens (tertiary/aromatic N) is 1. The van der Waals surface area contributed by atoms with Gasteiger partial charge in [0.05, 0.1) is 5.75 Å². The minimum atomic E-state index is -0.793. The Labute approximate surface area is 191 Å². The summed E-state index contributed by atoms with van der Waals surface area (Å²) in [5.74, 6) is -1.32. The fourth-order valence-corrected chi connectivity index (χ4v) is 4.10. The van der Waals surface area contributed by atoms with Gasteiger partial charge >= 0.3 is 0 Å². The Balaban J connectivity index is 2.13. The third kappa shape index (κ3) is 7.21. The maximum atomic E-state index is 14.2. The summed E-state index contributed by atoms with van der Waals surface area (Å²) >= 11 is 7.24. The largest absolute Gasteiger partial charge is 0.352 e. The standard InChI is InChI=1S/C23H27ClF2N2O2S/c1-4-15(2)27-23(30)16(3)28(12-17-8-5-6-10-20(17)25)22(29)14-31-13-18-19(24)9-7-11-21(18)26/h5-11,15-16H,4,12-14H2,1-3H3,(H,27,30)/t15-,16-/m0/s1. The van der Waals surface area contributed by atoms with E-state index in [0.29, 0.717) is 16.1 Å². The normalized spacial score (nSPS) is 12.8. The Kier molecular flexibility index (Phi) is 9.78. The molecule has 0 aliphatic carbocycles. The zero-order valence-corrected chi connectivity index (χ0v) is 19.4. The van der Waals surface area contributed by atoms with Crippen LogP contribution < -0.4 is 5.32 Å². The second kappa shape index (κ2) is 12.1. The molecule has 0 aliphatic rings. The monoisotopic (exact) mass is 468 g/mol. The summed E-state index contributed by atoms with van der Waals surface area (Å²) in [4.78, 5) is 27.0. The third-order valence-corrected chi connectivity index (χ3v) is 6.30. The molecule has 0 radical (unpaired) electrons. The molecule has 4 nitrogen and oxygen atoms in total. The molecule has 2 amide bonds. The molecule has 8 heteroatoms. The highest BCUT2D eigenvalue weighted by molar-refractivity contribution is 7.99. The molecule has 2 atom stereocenters. The van der Waals surface area contributed by atoms with Crippen molar-refractivity contribution < 1.29 is 18.4 Å². The van der Waals surface area contributed by atoms with Crippen molar-refractivity contribution in [2.75, 3.05) is 5.75 Å². The van der Waals surface area contributed by atoms with Gasteiger partial charge in [-0.1, -0.05) is 42.8 Å². The van der Waals surface area contributed by atoms with Gasteiger partial charge < -0.3 is 10.2 Å². The van der Waals surface area contributed by atoms with Gasteiger partial charge in [-0.3, -0.25) is 9.59 Å². The molecular weight excluding hydrogens is 442 g/mol. The SMILES string of the molecule is CC[C@H](C)NC(=O)[C@H](C)N(Cc1ccccc1F)C(=O)CSCc1c(F)cccc1Cl. The molecular formula is C23H27ClF2N2O2S. The number of benzene rings is 2. The van der Waals surface area contributed by atoms with Gasteiger partial charge in [0.1, 0.15) is 17.7 Å². The topological polar surface area (TPSA) is 49.4 Å². The molecule has 0 unspecified atom stereocenters. The number of halogens is 3. The minimum absolute atomic E-state index is 0.0000666. The highest BCUT2D eigenvalue weighted by Gasteiger charge is 2.27. The number of hydrogen-bond acceptors (Lipinski definition) is 3. The minimum Gasteiger partial charge on any atom is -0.352 e. The molecule has 0 bridgehead atoms. The fraction of sp³-hybridized carbons (Fsp3) is 0.391. The lowest BCUT2D eigenvalue weighted by atomic mass is 10.1. The average molecular weight is 469 g/mol. The van der Waals surface area contributed by atoms with Crippen LogP contribution in [0, 0.1) is 11.6 Å². The average Bonchev–Trinajstić information content (AvgIpc) is 2.74. The Morgan fingerprint density at radius 1 is 1.10 bits per heavy atom. The highest BCUT2D eigenvalue weighted by atomic mass is 35.5. The van der Waals surface area contributed by atoms with Gasteiger partial charge in [0.2, 0.25) is 11.8 Å². The Morgan fingerprint density at radius 2 is 1.77 bits per heavy atom. The number of amides is 2. The molecule has 2 rings (SSSR count). The van der Waals surface area contributed by atoms with E-state index < -0.39 is 17.7 Å². The molecule has 0 aromatic heterocycles. The molecule has 0 saturated carbocycles. The predicted octanol–water partition coefficient (Wildman–Crippen LogP) is 5.18. The molecule has 0 fully saturated rings. The molecule has 168 valence electrons. The lowest BCUT2D eigenvalue weighted by Gasteiger charge is -2.29. The second-order valence-electron chi connectivity index (χ2n) is 7.30. The van der Waals surface area contributed by atoms with Gasteiger partial charge in [-0.05, 0) is 38.5 Å². The van der Waals surface area contributed by atoms with Gasteiger partial charge in [-0.2, -0.15) is 0 Å². The van der Waals surface area contributed by atoms with Crippen molar-refractivity contribution in [2.24, 2.45) is 0 Å². The van der Waals surface area contributed by atoms with Crippen LogP contribution in [0.25, 0.3) is 0 Å². The van der Waals surface area contributed by atoms with Gasteiger partial charge in [-0.15, -0.1) is 11.8 Å². The van der Waals surface area contributed by atoms with E-state index in [0.717, 1.165) is 6.42 Å². The molecule has 0 saturated heterocycles. The summed E-state index contributed by atoms with van der Waals surface area (Å²) in [5.41, 5.74) is 0.645. The first-order valence-electron chi connectivity index (χ1n) is 10.1. The smallest absolute Gasteiger partial charge is 0.242 e. The van der Waals surface area contributed by atoms with E-state index in [1.165, 1.54) is 34.9 Å². The van der Waals surface area contributed by atoms with E-state index >= 15 is 0 Å². The number of rotatable bonds is 10. The van der Waals surface area contributed by atoms with E-state index in [-0.39, 0.29) is 35.9 Å². The summed E-state index contributed by atoms with van der Waals surface area (Å²) in [7, 11) is 0. The number of nitrogens with one attached hydrogen (secondary N) is 1. The van der Waals surface area contributed by atoms with Crippen LogP contribution in [0.3, 0.4) is 0 Å². The summed E-state index contributed by atoms with van der Waals surface area (Å²) < 4.78 is 28.2. The van der Waals surface area contributed by atoms with Gasteiger partial charge in [-0.25, -0.2) is 8.78 Å². The van der Waals surface area contributed by atoms with E-state index in [4.69, 9.17) is 11.6 Å². The molecule has 2 aromatic rings. The fourth-order valence-electron chi connectivity index (χ4n) is 2.85. The first kappa shape index (κ1) is 25.1. The lowest BCUT2D eigenvalue weighted by Crippen LogP contribution is -2.50. The van der Waals surface area contributed by atoms with E-state index in [2.05, 4.69) is 5.32 Å². The molecule has 0 spiro atoms. The molecule has 0 heterocycles. The Morgan fingerprint density at radius 3 is 2.42 bits per heavy atom. The predicted molar refractivity (Wildman–Crippen MR) is 122 cm³/mol. The summed E-state index contributed by atoms with van der Waals surface area (Å²) in [6.07, 6.45) is 0.749. The highest BCUT2D eigenvalue weighted by Crippen LogP contribution is 2.24. The number of thioether (sulfide) groups is 1. The van der Waals surface area contributed by atoms with Crippen molar-refractivity contribution >= 4 is 35.2 Å². The van der Waals surface area contributed by atoms with Gasteiger partial charge in [0, 0.05) is 34.5 Å². The summed E-state index contributed by atoms with van der Waals surface area (Å²) in [6, 6.07) is 9.74. The Hall–Kier alpha value is -2.12. The number of carbonyl (C=O) groups excluding carboxylic acids is 2. The van der Waals surface area contributed by atoms with Crippen molar-refractivity contribution in [2.45, 2.75) is 51.6 Å². The van der Waals surface area contributed by atoms with Crippen LogP contribution in [0.2, 0.25) is 5.02 Å². The van der Waals surface area contributed by atoms with Crippen LogP contribution >= 0.6 is 23.4 Å². The van der Waals surface area contributed by atoms with Crippen LogP contribution in [-0.2, 0) is 21.9 Å². The van der Waals surface area contributed by atoms with Crippen LogP contribution in [0.5, 0.6) is 0 Å². The number of carbonyl (C=O) groups is 2. The van der Waals surface area contributed by atoms with Crippen LogP contribution in [0.4, 0.5) is 8.78 Å². The van der Waals surface area contributed by atoms with Crippen molar-refractivity contribution in [3.63, 3.8) is 0 Å². The number of hydrogen-bond donors (Lipinski definition) is 1. The van der Waals surface area contributed by atoms with Crippen molar-refractivity contribution in [3.05, 3.63) is 70.2 Å². The Bertz CT molecular complexity index is 893. The van der Waals surface area contributed by atoms with Gasteiger partial charge in [0.15, 0.2) is 0 Å². The first-order valence-corrected chi connectivity index (χ1v) is 11.6. The van der Waals surface area contributed by atoms with E-state index in [1.807, 2.05) is 13.8 Å². The van der Waals surface area contributed by atoms with Crippen molar-refractivity contribution in [1.29, 1.82) is 0 Å². The lowest BCUT2D eigenvalue weighted by molar-refractivity contribution is -0.139. The van der Waals surface area contributed by atoms with Crippen molar-refractivity contribution in [1.82, 2.24) is 10.2 Å². The maximum Gasteiger partial charge on any atom is 0.242 e. The summed E-state index contributed by atoms with van der Waals surface area (Å²) in [6.45, 7) is 5.40.